The molecule has 8 nitrogen and oxygen atoms in total. The van der Waals surface area contributed by atoms with E-state index in [9.17, 15) is 27.7 Å². The number of hydrogen-bond acceptors (Lipinski definition) is 5. The fraction of sp³-hybridized carbons (Fsp3) is 0. The smallest absolute Gasteiger partial charge is 0.272 e. The van der Waals surface area contributed by atoms with Gasteiger partial charge in [0, 0.05) is 18.3 Å². The molecule has 0 aliphatic carbocycles. The van der Waals surface area contributed by atoms with Gasteiger partial charge in [-0.2, -0.15) is 0 Å². The number of sulfonamides is 1. The van der Waals surface area contributed by atoms with Crippen molar-refractivity contribution in [1.82, 2.24) is 4.98 Å². The number of nitro benzene ring substituents is 1. The van der Waals surface area contributed by atoms with Gasteiger partial charge in [-0.15, -0.1) is 0 Å². The molecule has 10 heteroatoms. The summed E-state index contributed by atoms with van der Waals surface area (Å²) in [6.07, 6.45) is 0.952. The van der Waals surface area contributed by atoms with Gasteiger partial charge in [-0.3, -0.25) is 19.6 Å². The van der Waals surface area contributed by atoms with Crippen LogP contribution in [0.15, 0.2) is 46.2 Å². The molecule has 0 atom stereocenters. The van der Waals surface area contributed by atoms with Crippen LogP contribution in [0.4, 0.5) is 15.8 Å². The molecular weight excluding hydrogens is 305 g/mol. The third-order valence-corrected chi connectivity index (χ3v) is 3.84. The maximum absolute atomic E-state index is 13.6. The van der Waals surface area contributed by atoms with E-state index in [2.05, 4.69) is 4.98 Å². The number of anilines is 1. The Morgan fingerprint density at radius 1 is 1.24 bits per heavy atom. The molecule has 110 valence electrons. The molecule has 2 N–H and O–H groups in total. The van der Waals surface area contributed by atoms with Gasteiger partial charge < -0.3 is 4.98 Å². The highest BCUT2D eigenvalue weighted by molar-refractivity contribution is 7.92. The normalized spacial score (nSPS) is 11.1. The summed E-state index contributed by atoms with van der Waals surface area (Å²) < 4.78 is 39.5. The van der Waals surface area contributed by atoms with Crippen LogP contribution in [-0.4, -0.2) is 18.3 Å². The quantitative estimate of drug-likeness (QED) is 0.649. The molecule has 2 aromatic rings. The fourth-order valence-electron chi connectivity index (χ4n) is 1.47. The van der Waals surface area contributed by atoms with E-state index in [1.165, 1.54) is 0 Å². The summed E-state index contributed by atoms with van der Waals surface area (Å²) in [5.74, 6) is -1.09. The lowest BCUT2D eigenvalue weighted by Gasteiger charge is -2.08. The summed E-state index contributed by atoms with van der Waals surface area (Å²) in [5.41, 5.74) is -1.43. The predicted molar refractivity (Wildman–Crippen MR) is 70.9 cm³/mol. The zero-order chi connectivity index (χ0) is 15.6. The number of pyridine rings is 1. The monoisotopic (exact) mass is 313 g/mol. The molecule has 0 radical (unpaired) electrons. The first kappa shape index (κ1) is 14.7. The molecule has 0 unspecified atom stereocenters. The molecule has 0 aliphatic rings. The number of nitrogens with one attached hydrogen (secondary N) is 2. The number of rotatable bonds is 4. The Kier molecular flexibility index (Phi) is 3.72. The number of aromatic nitrogens is 1. The third kappa shape index (κ3) is 3.23. The topological polar surface area (TPSA) is 122 Å². The second-order valence-corrected chi connectivity index (χ2v) is 5.60. The van der Waals surface area contributed by atoms with Crippen molar-refractivity contribution in [2.45, 2.75) is 4.90 Å². The van der Waals surface area contributed by atoms with E-state index in [4.69, 9.17) is 0 Å². The van der Waals surface area contributed by atoms with Crippen molar-refractivity contribution in [2.24, 2.45) is 0 Å². The van der Waals surface area contributed by atoms with Gasteiger partial charge in [0.25, 0.3) is 15.7 Å². The lowest BCUT2D eigenvalue weighted by atomic mass is 10.3. The standard InChI is InChI=1S/C11H8FN3O5S/c12-9-5-7(15(17)18)1-3-10(9)14-21(19,20)8-2-4-11(16)13-6-8/h1-6,14H,(H,13,16). The van der Waals surface area contributed by atoms with Gasteiger partial charge in [0.2, 0.25) is 5.56 Å². The molecule has 0 aliphatic heterocycles. The number of hydrogen-bond donors (Lipinski definition) is 2. The molecule has 0 fully saturated rings. The van der Waals surface area contributed by atoms with Crippen LogP contribution in [0.5, 0.6) is 0 Å². The van der Waals surface area contributed by atoms with E-state index in [1.54, 1.807) is 0 Å². The van der Waals surface area contributed by atoms with Crippen LogP contribution in [0.2, 0.25) is 0 Å². The maximum atomic E-state index is 13.6. The van der Waals surface area contributed by atoms with Gasteiger partial charge in [0.15, 0.2) is 5.82 Å². The van der Waals surface area contributed by atoms with E-state index in [0.717, 1.165) is 30.5 Å². The SMILES string of the molecule is O=c1ccc(S(=O)(=O)Nc2ccc([N+](=O)[O-])cc2F)c[nH]1. The fourth-order valence-corrected chi connectivity index (χ4v) is 2.50. The maximum Gasteiger partial charge on any atom is 0.272 e. The number of aromatic amines is 1. The van der Waals surface area contributed by atoms with Crippen LogP contribution < -0.4 is 10.3 Å². The average Bonchev–Trinajstić information content (AvgIpc) is 2.41. The molecule has 2 rings (SSSR count). The number of nitrogens with zero attached hydrogens (tertiary/aromatic N) is 1. The molecule has 1 aromatic carbocycles. The van der Waals surface area contributed by atoms with Gasteiger partial charge in [0.05, 0.1) is 16.7 Å². The molecule has 0 saturated heterocycles. The zero-order valence-corrected chi connectivity index (χ0v) is 11.1. The molecule has 1 aromatic heterocycles. The molecule has 1 heterocycles. The van der Waals surface area contributed by atoms with Gasteiger partial charge >= 0.3 is 0 Å². The van der Waals surface area contributed by atoms with Crippen LogP contribution in [0, 0.1) is 15.9 Å². The van der Waals surface area contributed by atoms with Crippen molar-refractivity contribution in [3.63, 3.8) is 0 Å². The highest BCUT2D eigenvalue weighted by Gasteiger charge is 2.18. The minimum absolute atomic E-state index is 0.278. The highest BCUT2D eigenvalue weighted by atomic mass is 32.2. The number of nitro groups is 1. The first-order chi connectivity index (χ1) is 9.79. The zero-order valence-electron chi connectivity index (χ0n) is 10.2. The van der Waals surface area contributed by atoms with E-state index in [-0.39, 0.29) is 4.90 Å². The van der Waals surface area contributed by atoms with E-state index in [1.807, 2.05) is 4.72 Å². The Labute approximate surface area is 117 Å². The van der Waals surface area contributed by atoms with E-state index < -0.39 is 37.7 Å². The Balaban J connectivity index is 2.35. The number of H-pyrrole nitrogens is 1. The number of halogens is 1. The Hall–Kier alpha value is -2.75. The summed E-state index contributed by atoms with van der Waals surface area (Å²) >= 11 is 0. The molecular formula is C11H8FN3O5S. The molecule has 0 saturated carbocycles. The van der Waals surface area contributed by atoms with Gasteiger partial charge in [-0.25, -0.2) is 12.8 Å². The minimum atomic E-state index is -4.12. The first-order valence-corrected chi connectivity index (χ1v) is 6.93. The summed E-state index contributed by atoms with van der Waals surface area (Å²) in [4.78, 5) is 22.4. The van der Waals surface area contributed by atoms with E-state index >= 15 is 0 Å². The van der Waals surface area contributed by atoms with Crippen LogP contribution >= 0.6 is 0 Å². The van der Waals surface area contributed by atoms with E-state index in [0.29, 0.717) is 6.07 Å². The first-order valence-electron chi connectivity index (χ1n) is 5.45. The van der Waals surface area contributed by atoms with Crippen LogP contribution in [-0.2, 0) is 10.0 Å². The average molecular weight is 313 g/mol. The van der Waals surface area contributed by atoms with Crippen molar-refractivity contribution in [3.05, 3.63) is 62.8 Å². The van der Waals surface area contributed by atoms with Gasteiger partial charge in [0.1, 0.15) is 4.90 Å². The number of benzene rings is 1. The van der Waals surface area contributed by atoms with Crippen molar-refractivity contribution in [2.75, 3.05) is 4.72 Å². The second-order valence-electron chi connectivity index (χ2n) is 3.92. The predicted octanol–water partition coefficient (Wildman–Crippen LogP) is 1.22. The van der Waals surface area contributed by atoms with Crippen molar-refractivity contribution >= 4 is 21.4 Å². The Morgan fingerprint density at radius 2 is 1.95 bits per heavy atom. The summed E-state index contributed by atoms with van der Waals surface area (Å²) in [7, 11) is -4.12. The molecule has 0 spiro atoms. The summed E-state index contributed by atoms with van der Waals surface area (Å²) in [6, 6.07) is 4.56. The van der Waals surface area contributed by atoms with Crippen molar-refractivity contribution in [1.29, 1.82) is 0 Å². The lowest BCUT2D eigenvalue weighted by molar-refractivity contribution is -0.385. The molecule has 0 amide bonds. The number of non-ortho nitro benzene ring substituents is 1. The van der Waals surface area contributed by atoms with Gasteiger partial charge in [-0.05, 0) is 12.1 Å². The van der Waals surface area contributed by atoms with Crippen molar-refractivity contribution in [3.8, 4) is 0 Å². The Morgan fingerprint density at radius 3 is 2.48 bits per heavy atom. The highest BCUT2D eigenvalue weighted by Crippen LogP contribution is 2.22. The van der Waals surface area contributed by atoms with Crippen molar-refractivity contribution < 1.29 is 17.7 Å². The third-order valence-electron chi connectivity index (χ3n) is 2.47. The molecule has 21 heavy (non-hydrogen) atoms. The summed E-state index contributed by atoms with van der Waals surface area (Å²) in [5, 5.41) is 10.5. The minimum Gasteiger partial charge on any atom is -0.328 e. The van der Waals surface area contributed by atoms with Crippen LogP contribution in [0.3, 0.4) is 0 Å². The van der Waals surface area contributed by atoms with Crippen LogP contribution in [0.25, 0.3) is 0 Å². The second kappa shape index (κ2) is 5.32. The molecule has 0 bridgehead atoms. The largest absolute Gasteiger partial charge is 0.328 e. The van der Waals surface area contributed by atoms with Gasteiger partial charge in [-0.1, -0.05) is 0 Å². The van der Waals surface area contributed by atoms with Crippen LogP contribution in [0.1, 0.15) is 0 Å². The lowest BCUT2D eigenvalue weighted by Crippen LogP contribution is -2.16. The summed E-state index contributed by atoms with van der Waals surface area (Å²) in [6.45, 7) is 0. The Bertz CT molecular complexity index is 842.